The van der Waals surface area contributed by atoms with Crippen LogP contribution in [0.4, 0.5) is 0 Å². The van der Waals surface area contributed by atoms with E-state index in [0.717, 1.165) is 11.3 Å². The molecule has 0 bridgehead atoms. The second-order valence-corrected chi connectivity index (χ2v) is 5.84. The predicted octanol–water partition coefficient (Wildman–Crippen LogP) is 4.33. The molecule has 18 heavy (non-hydrogen) atoms. The van der Waals surface area contributed by atoms with Crippen LogP contribution in [0, 0.1) is 0 Å². The Labute approximate surface area is 115 Å². The minimum absolute atomic E-state index is 0.0286. The zero-order chi connectivity index (χ0) is 13.2. The molecule has 3 nitrogen and oxygen atoms in total. The van der Waals surface area contributed by atoms with Crippen LogP contribution < -0.4 is 4.74 Å². The monoisotopic (exact) mass is 306 g/mol. The van der Waals surface area contributed by atoms with Crippen molar-refractivity contribution in [2.75, 3.05) is 0 Å². The first-order valence-corrected chi connectivity index (χ1v) is 6.51. The van der Waals surface area contributed by atoms with Crippen LogP contribution in [0.3, 0.4) is 0 Å². The molecule has 2 aromatic rings. The highest BCUT2D eigenvalue weighted by molar-refractivity contribution is 9.10. The summed E-state index contributed by atoms with van der Waals surface area (Å²) in [5.74, 6) is 1.36. The Kier molecular flexibility index (Phi) is 3.66. The minimum atomic E-state index is 0.0286. The lowest BCUT2D eigenvalue weighted by Gasteiger charge is -2.22. The van der Waals surface area contributed by atoms with Crippen LogP contribution in [-0.4, -0.2) is 9.97 Å². The van der Waals surface area contributed by atoms with Crippen LogP contribution in [0.15, 0.2) is 41.3 Å². The van der Waals surface area contributed by atoms with Crippen LogP contribution in [0.25, 0.3) is 0 Å². The molecule has 94 valence electrons. The maximum atomic E-state index is 5.84. The average Bonchev–Trinajstić information content (AvgIpc) is 2.28. The van der Waals surface area contributed by atoms with E-state index in [2.05, 4.69) is 52.7 Å². The van der Waals surface area contributed by atoms with Gasteiger partial charge in [0.15, 0.2) is 0 Å². The summed E-state index contributed by atoms with van der Waals surface area (Å²) >= 11 is 3.30. The Balaban J connectivity index is 2.35. The van der Waals surface area contributed by atoms with E-state index in [0.29, 0.717) is 10.5 Å². The maximum Gasteiger partial charge on any atom is 0.223 e. The van der Waals surface area contributed by atoms with Crippen molar-refractivity contribution in [2.45, 2.75) is 26.2 Å². The smallest absolute Gasteiger partial charge is 0.223 e. The molecule has 1 heterocycles. The number of halogens is 1. The lowest BCUT2D eigenvalue weighted by Crippen LogP contribution is -2.12. The van der Waals surface area contributed by atoms with Crippen molar-refractivity contribution in [3.63, 3.8) is 0 Å². The van der Waals surface area contributed by atoms with Gasteiger partial charge in [-0.2, -0.15) is 0 Å². The average molecular weight is 307 g/mol. The molecule has 0 saturated carbocycles. The van der Waals surface area contributed by atoms with Gasteiger partial charge in [0.05, 0.1) is 0 Å². The van der Waals surface area contributed by atoms with Crippen LogP contribution >= 0.6 is 15.9 Å². The molecule has 0 N–H and O–H groups in total. The zero-order valence-electron chi connectivity index (χ0n) is 10.6. The number of ether oxygens (including phenoxy) is 1. The van der Waals surface area contributed by atoms with Gasteiger partial charge in [0.2, 0.25) is 5.88 Å². The quantitative estimate of drug-likeness (QED) is 0.775. The van der Waals surface area contributed by atoms with Crippen molar-refractivity contribution < 1.29 is 4.74 Å². The maximum absolute atomic E-state index is 5.84. The number of para-hydroxylation sites is 1. The Morgan fingerprint density at radius 3 is 2.50 bits per heavy atom. The fourth-order valence-corrected chi connectivity index (χ4v) is 1.95. The lowest BCUT2D eigenvalue weighted by atomic mass is 9.86. The molecule has 0 spiro atoms. The summed E-state index contributed by atoms with van der Waals surface area (Å²) in [5.41, 5.74) is 1.18. The van der Waals surface area contributed by atoms with Gasteiger partial charge in [-0.25, -0.2) is 9.97 Å². The summed E-state index contributed by atoms with van der Waals surface area (Å²) in [6.45, 7) is 6.47. The number of aromatic nitrogens is 2. The molecular weight excluding hydrogens is 292 g/mol. The first-order chi connectivity index (χ1) is 8.47. The molecule has 0 radical (unpaired) electrons. The Hall–Kier alpha value is -1.42. The summed E-state index contributed by atoms with van der Waals surface area (Å²) in [6, 6.07) is 9.76. The molecule has 0 aliphatic carbocycles. The summed E-state index contributed by atoms with van der Waals surface area (Å²) in [6.07, 6.45) is 1.47. The normalized spacial score (nSPS) is 11.3. The fraction of sp³-hybridized carbons (Fsp3) is 0.286. The van der Waals surface area contributed by atoms with Gasteiger partial charge in [-0.3, -0.25) is 0 Å². The molecule has 0 atom stereocenters. The van der Waals surface area contributed by atoms with Crippen molar-refractivity contribution in [3.05, 3.63) is 46.8 Å². The van der Waals surface area contributed by atoms with E-state index < -0.39 is 0 Å². The summed E-state index contributed by atoms with van der Waals surface area (Å²) in [5, 5.41) is 0. The molecular formula is C14H15BrN2O. The van der Waals surface area contributed by atoms with Gasteiger partial charge in [0.1, 0.15) is 16.7 Å². The summed E-state index contributed by atoms with van der Waals surface area (Å²) in [4.78, 5) is 8.07. The van der Waals surface area contributed by atoms with Crippen molar-refractivity contribution >= 4 is 15.9 Å². The van der Waals surface area contributed by atoms with Crippen LogP contribution in [0.1, 0.15) is 26.3 Å². The molecule has 0 aliphatic rings. The van der Waals surface area contributed by atoms with Gasteiger partial charge in [-0.15, -0.1) is 0 Å². The van der Waals surface area contributed by atoms with Gasteiger partial charge in [-0.05, 0) is 27.4 Å². The number of rotatable bonds is 2. The molecule has 0 fully saturated rings. The summed E-state index contributed by atoms with van der Waals surface area (Å²) < 4.78 is 6.54. The van der Waals surface area contributed by atoms with Crippen LogP contribution in [0.5, 0.6) is 11.6 Å². The van der Waals surface area contributed by atoms with Crippen molar-refractivity contribution in [1.82, 2.24) is 9.97 Å². The predicted molar refractivity (Wildman–Crippen MR) is 74.9 cm³/mol. The third-order valence-corrected chi connectivity index (χ3v) is 2.95. The van der Waals surface area contributed by atoms with E-state index in [1.165, 1.54) is 6.33 Å². The zero-order valence-corrected chi connectivity index (χ0v) is 12.2. The van der Waals surface area contributed by atoms with Gasteiger partial charge >= 0.3 is 0 Å². The Bertz CT molecular complexity index is 549. The molecule has 0 aliphatic heterocycles. The molecule has 4 heteroatoms. The minimum Gasteiger partial charge on any atom is -0.439 e. The van der Waals surface area contributed by atoms with E-state index >= 15 is 0 Å². The molecule has 2 rings (SSSR count). The van der Waals surface area contributed by atoms with Crippen molar-refractivity contribution in [3.8, 4) is 11.6 Å². The number of nitrogens with zero attached hydrogens (tertiary/aromatic N) is 2. The second-order valence-electron chi connectivity index (χ2n) is 5.03. The first-order valence-electron chi connectivity index (χ1n) is 5.72. The van der Waals surface area contributed by atoms with Gasteiger partial charge < -0.3 is 4.74 Å². The SMILES string of the molecule is CC(C)(C)c1ccccc1Oc1cc(Br)ncn1. The van der Waals surface area contributed by atoms with Crippen molar-refractivity contribution in [1.29, 1.82) is 0 Å². The second kappa shape index (κ2) is 5.06. The largest absolute Gasteiger partial charge is 0.439 e. The lowest BCUT2D eigenvalue weighted by molar-refractivity contribution is 0.438. The highest BCUT2D eigenvalue weighted by Gasteiger charge is 2.18. The first kappa shape index (κ1) is 13.0. The van der Waals surface area contributed by atoms with Crippen LogP contribution in [0.2, 0.25) is 0 Å². The van der Waals surface area contributed by atoms with E-state index in [1.807, 2.05) is 18.2 Å². The topological polar surface area (TPSA) is 35.0 Å². The molecule has 1 aromatic heterocycles. The molecule has 0 unspecified atom stereocenters. The highest BCUT2D eigenvalue weighted by atomic mass is 79.9. The Morgan fingerprint density at radius 1 is 1.11 bits per heavy atom. The van der Waals surface area contributed by atoms with Gasteiger partial charge in [0.25, 0.3) is 0 Å². The summed E-state index contributed by atoms with van der Waals surface area (Å²) in [7, 11) is 0. The number of hydrogen-bond acceptors (Lipinski definition) is 3. The molecule has 0 saturated heterocycles. The number of benzene rings is 1. The van der Waals surface area contributed by atoms with Gasteiger partial charge in [-0.1, -0.05) is 39.0 Å². The van der Waals surface area contributed by atoms with Gasteiger partial charge in [0, 0.05) is 11.6 Å². The number of hydrogen-bond donors (Lipinski definition) is 0. The van der Waals surface area contributed by atoms with Crippen LogP contribution in [-0.2, 0) is 5.41 Å². The van der Waals surface area contributed by atoms with E-state index in [1.54, 1.807) is 6.07 Å². The standard InChI is InChI=1S/C14H15BrN2O/c1-14(2,3)10-6-4-5-7-11(10)18-13-8-12(15)16-9-17-13/h4-9H,1-3H3. The highest BCUT2D eigenvalue weighted by Crippen LogP contribution is 2.33. The third-order valence-electron chi connectivity index (χ3n) is 2.52. The van der Waals surface area contributed by atoms with E-state index in [4.69, 9.17) is 4.74 Å². The third kappa shape index (κ3) is 3.07. The fourth-order valence-electron chi connectivity index (χ4n) is 1.66. The van der Waals surface area contributed by atoms with Crippen molar-refractivity contribution in [2.24, 2.45) is 0 Å². The molecule has 1 aromatic carbocycles. The van der Waals surface area contributed by atoms with E-state index in [-0.39, 0.29) is 5.41 Å². The molecule has 0 amide bonds. The Morgan fingerprint density at radius 2 is 1.83 bits per heavy atom. The van der Waals surface area contributed by atoms with E-state index in [9.17, 15) is 0 Å².